The highest BCUT2D eigenvalue weighted by molar-refractivity contribution is 5.90. The molecule has 0 saturated carbocycles. The molecule has 0 aliphatic carbocycles. The second-order valence-corrected chi connectivity index (χ2v) is 6.68. The summed E-state index contributed by atoms with van der Waals surface area (Å²) >= 11 is 0. The van der Waals surface area contributed by atoms with E-state index in [0.29, 0.717) is 5.56 Å². The van der Waals surface area contributed by atoms with Crippen molar-refractivity contribution < 1.29 is 23.9 Å². The first kappa shape index (κ1) is 21.1. The third-order valence-corrected chi connectivity index (χ3v) is 4.18. The second kappa shape index (κ2) is 9.64. The fraction of sp³-hybridized carbons (Fsp3) is 0.286. The maximum absolute atomic E-state index is 13.1. The van der Waals surface area contributed by atoms with E-state index in [0.717, 1.165) is 11.1 Å². The Kier molecular flexibility index (Phi) is 7.26. The van der Waals surface area contributed by atoms with Gasteiger partial charge in [0, 0.05) is 19.8 Å². The zero-order valence-electron chi connectivity index (χ0n) is 15.7. The van der Waals surface area contributed by atoms with Crippen molar-refractivity contribution in [3.05, 3.63) is 71.0 Å². The topological polar surface area (TPSA) is 95.5 Å². The molecule has 0 spiro atoms. The minimum atomic E-state index is -1.17. The van der Waals surface area contributed by atoms with Crippen LogP contribution in [-0.4, -0.2) is 35.0 Å². The lowest BCUT2D eigenvalue weighted by Gasteiger charge is -2.21. The van der Waals surface area contributed by atoms with Crippen molar-refractivity contribution in [3.63, 3.8) is 0 Å². The lowest BCUT2D eigenvalue weighted by atomic mass is 10.0. The van der Waals surface area contributed by atoms with Gasteiger partial charge in [0.05, 0.1) is 0 Å². The number of hydrogen-bond donors (Lipinski definition) is 3. The first-order valence-electron chi connectivity index (χ1n) is 8.85. The molecular formula is C21H23FN2O4. The van der Waals surface area contributed by atoms with Crippen LogP contribution in [0.2, 0.25) is 0 Å². The number of carboxylic acid groups (broad SMARTS) is 1. The lowest BCUT2D eigenvalue weighted by molar-refractivity contribution is -0.142. The number of carbonyl (C=O) groups is 3. The van der Waals surface area contributed by atoms with Gasteiger partial charge in [0.25, 0.3) is 0 Å². The van der Waals surface area contributed by atoms with Crippen molar-refractivity contribution in [1.29, 1.82) is 0 Å². The van der Waals surface area contributed by atoms with Crippen molar-refractivity contribution >= 4 is 17.8 Å². The monoisotopic (exact) mass is 386 g/mol. The SMILES string of the molecule is CC(=O)N[C@@H](Cc1ccc(F)cc1)C(=O)N[C@H](Cc1cccc(C)c1)C(=O)O. The Morgan fingerprint density at radius 2 is 1.61 bits per heavy atom. The predicted molar refractivity (Wildman–Crippen MR) is 102 cm³/mol. The van der Waals surface area contributed by atoms with Crippen LogP contribution in [0.5, 0.6) is 0 Å². The summed E-state index contributed by atoms with van der Waals surface area (Å²) in [5.41, 5.74) is 2.41. The first-order valence-corrected chi connectivity index (χ1v) is 8.85. The molecule has 0 fully saturated rings. The Labute approximate surface area is 162 Å². The summed E-state index contributed by atoms with van der Waals surface area (Å²) in [6.45, 7) is 3.17. The van der Waals surface area contributed by atoms with Crippen molar-refractivity contribution in [2.45, 2.75) is 38.8 Å². The normalized spacial score (nSPS) is 12.7. The van der Waals surface area contributed by atoms with Crippen LogP contribution in [0, 0.1) is 12.7 Å². The fourth-order valence-corrected chi connectivity index (χ4v) is 2.86. The highest BCUT2D eigenvalue weighted by Crippen LogP contribution is 2.09. The van der Waals surface area contributed by atoms with Crippen molar-refractivity contribution in [1.82, 2.24) is 10.6 Å². The van der Waals surface area contributed by atoms with Crippen molar-refractivity contribution in [3.8, 4) is 0 Å². The molecule has 7 heteroatoms. The molecular weight excluding hydrogens is 363 g/mol. The van der Waals surface area contributed by atoms with E-state index in [1.807, 2.05) is 25.1 Å². The van der Waals surface area contributed by atoms with E-state index in [4.69, 9.17) is 0 Å². The Morgan fingerprint density at radius 1 is 0.964 bits per heavy atom. The number of benzene rings is 2. The summed E-state index contributed by atoms with van der Waals surface area (Å²) < 4.78 is 13.1. The molecule has 3 N–H and O–H groups in total. The van der Waals surface area contributed by atoms with Gasteiger partial charge in [-0.15, -0.1) is 0 Å². The van der Waals surface area contributed by atoms with Gasteiger partial charge < -0.3 is 15.7 Å². The number of carbonyl (C=O) groups excluding carboxylic acids is 2. The van der Waals surface area contributed by atoms with Gasteiger partial charge in [0.15, 0.2) is 0 Å². The van der Waals surface area contributed by atoms with Gasteiger partial charge in [-0.05, 0) is 30.2 Å². The highest BCUT2D eigenvalue weighted by atomic mass is 19.1. The standard InChI is InChI=1S/C21H23FN2O4/c1-13-4-3-5-16(10-13)12-19(21(27)28)24-20(26)18(23-14(2)25)11-15-6-8-17(22)9-7-15/h3-10,18-19H,11-12H2,1-2H3,(H,23,25)(H,24,26)(H,27,28)/t18-,19+/m0/s1. The Hall–Kier alpha value is -3.22. The molecule has 0 heterocycles. The third kappa shape index (κ3) is 6.50. The lowest BCUT2D eigenvalue weighted by Crippen LogP contribution is -2.52. The van der Waals surface area contributed by atoms with E-state index >= 15 is 0 Å². The van der Waals surface area contributed by atoms with Crippen LogP contribution >= 0.6 is 0 Å². The van der Waals surface area contributed by atoms with Crippen LogP contribution in [0.3, 0.4) is 0 Å². The number of hydrogen-bond acceptors (Lipinski definition) is 3. The number of carboxylic acids is 1. The smallest absolute Gasteiger partial charge is 0.326 e. The highest BCUT2D eigenvalue weighted by Gasteiger charge is 2.26. The number of halogens is 1. The summed E-state index contributed by atoms with van der Waals surface area (Å²) in [7, 11) is 0. The van der Waals surface area contributed by atoms with Crippen molar-refractivity contribution in [2.24, 2.45) is 0 Å². The van der Waals surface area contributed by atoms with Crippen LogP contribution in [0.1, 0.15) is 23.6 Å². The zero-order chi connectivity index (χ0) is 20.7. The summed E-state index contributed by atoms with van der Waals surface area (Å²) in [5.74, 6) is -2.61. The molecule has 0 aliphatic rings. The number of aliphatic carboxylic acids is 1. The van der Waals surface area contributed by atoms with Crippen LogP contribution in [0.25, 0.3) is 0 Å². The van der Waals surface area contributed by atoms with E-state index < -0.39 is 35.7 Å². The fourth-order valence-electron chi connectivity index (χ4n) is 2.86. The van der Waals surface area contributed by atoms with Crippen LogP contribution < -0.4 is 10.6 Å². The largest absolute Gasteiger partial charge is 0.480 e. The molecule has 28 heavy (non-hydrogen) atoms. The van der Waals surface area contributed by atoms with Gasteiger partial charge in [-0.2, -0.15) is 0 Å². The molecule has 2 rings (SSSR count). The maximum Gasteiger partial charge on any atom is 0.326 e. The molecule has 2 aromatic carbocycles. The molecule has 0 radical (unpaired) electrons. The average Bonchev–Trinajstić information content (AvgIpc) is 2.62. The summed E-state index contributed by atoms with van der Waals surface area (Å²) in [5, 5.41) is 14.5. The molecule has 0 saturated heterocycles. The van der Waals surface area contributed by atoms with Gasteiger partial charge in [-0.3, -0.25) is 9.59 Å². The van der Waals surface area contributed by atoms with E-state index in [1.54, 1.807) is 6.07 Å². The second-order valence-electron chi connectivity index (χ2n) is 6.68. The molecule has 0 bridgehead atoms. The van der Waals surface area contributed by atoms with E-state index in [9.17, 15) is 23.9 Å². The molecule has 0 unspecified atom stereocenters. The van der Waals surface area contributed by atoms with E-state index in [-0.39, 0.29) is 12.8 Å². The molecule has 0 aromatic heterocycles. The maximum atomic E-state index is 13.1. The van der Waals surface area contributed by atoms with E-state index in [2.05, 4.69) is 10.6 Å². The summed E-state index contributed by atoms with van der Waals surface area (Å²) in [6, 6.07) is 10.8. The van der Waals surface area contributed by atoms with Crippen molar-refractivity contribution in [2.75, 3.05) is 0 Å². The van der Waals surface area contributed by atoms with Gasteiger partial charge in [-0.25, -0.2) is 9.18 Å². The quantitative estimate of drug-likeness (QED) is 0.647. The zero-order valence-corrected chi connectivity index (χ0v) is 15.7. The van der Waals surface area contributed by atoms with Crippen LogP contribution in [-0.2, 0) is 27.2 Å². The molecule has 148 valence electrons. The number of nitrogens with one attached hydrogen (secondary N) is 2. The van der Waals surface area contributed by atoms with Crippen LogP contribution in [0.15, 0.2) is 48.5 Å². The van der Waals surface area contributed by atoms with Crippen LogP contribution in [0.4, 0.5) is 4.39 Å². The minimum absolute atomic E-state index is 0.114. The molecule has 2 aromatic rings. The number of aryl methyl sites for hydroxylation is 1. The number of amides is 2. The number of rotatable bonds is 8. The minimum Gasteiger partial charge on any atom is -0.480 e. The molecule has 2 amide bonds. The first-order chi connectivity index (χ1) is 13.2. The molecule has 0 aliphatic heterocycles. The Morgan fingerprint density at radius 3 is 2.18 bits per heavy atom. The third-order valence-electron chi connectivity index (χ3n) is 4.18. The van der Waals surface area contributed by atoms with E-state index in [1.165, 1.54) is 31.2 Å². The molecule has 2 atom stereocenters. The average molecular weight is 386 g/mol. The van der Waals surface area contributed by atoms with Gasteiger partial charge in [0.1, 0.15) is 17.9 Å². The van der Waals surface area contributed by atoms with Gasteiger partial charge in [-0.1, -0.05) is 42.0 Å². The Bertz CT molecular complexity index is 852. The summed E-state index contributed by atoms with van der Waals surface area (Å²) in [6.07, 6.45) is 0.231. The van der Waals surface area contributed by atoms with Gasteiger partial charge >= 0.3 is 5.97 Å². The Balaban J connectivity index is 2.12. The predicted octanol–water partition coefficient (Wildman–Crippen LogP) is 1.99. The van der Waals surface area contributed by atoms with Gasteiger partial charge in [0.2, 0.25) is 11.8 Å². The summed E-state index contributed by atoms with van der Waals surface area (Å²) in [4.78, 5) is 35.8. The molecule has 6 nitrogen and oxygen atoms in total.